The fraction of sp³-hybridized carbons (Fsp3) is 0.638. The van der Waals surface area contributed by atoms with Gasteiger partial charge in [0.1, 0.15) is 23.9 Å². The molecule has 0 aromatic carbocycles. The van der Waals surface area contributed by atoms with Crippen molar-refractivity contribution in [1.82, 2.24) is 0 Å². The number of aliphatic hydroxyl groups excluding tert-OH is 8. The number of carboxylic acid groups (broad SMARTS) is 1. The lowest BCUT2D eigenvalue weighted by Crippen LogP contribution is -2.61. The summed E-state index contributed by atoms with van der Waals surface area (Å²) in [6.07, 6.45) is 3.75. The molecule has 18 heteroatoms. The summed E-state index contributed by atoms with van der Waals surface area (Å²) in [6.45, 7) is 6.69. The highest BCUT2D eigenvalue weighted by Gasteiger charge is 2.51. The number of ketones is 1. The van der Waals surface area contributed by atoms with E-state index in [1.807, 2.05) is 13.0 Å². The second-order valence-electron chi connectivity index (χ2n) is 17.4. The third-order valence-electron chi connectivity index (χ3n) is 11.9. The highest BCUT2D eigenvalue weighted by atomic mass is 16.7. The minimum Gasteiger partial charge on any atom is -0.481 e. The molecule has 0 amide bonds. The van der Waals surface area contributed by atoms with Crippen LogP contribution >= 0.6 is 0 Å². The van der Waals surface area contributed by atoms with Crippen LogP contribution < -0.4 is 5.73 Å². The summed E-state index contributed by atoms with van der Waals surface area (Å²) in [5.74, 6) is -7.57. The highest BCUT2D eigenvalue weighted by molar-refractivity contribution is 5.80. The quantitative estimate of drug-likeness (QED) is 0.175. The van der Waals surface area contributed by atoms with Gasteiger partial charge in [-0.2, -0.15) is 0 Å². The van der Waals surface area contributed by atoms with Crippen LogP contribution in [0.1, 0.15) is 79.1 Å². The minimum absolute atomic E-state index is 0.201. The molecule has 18 atom stereocenters. The van der Waals surface area contributed by atoms with Gasteiger partial charge in [-0.05, 0) is 26.7 Å². The maximum absolute atomic E-state index is 12.7. The van der Waals surface area contributed by atoms with Crippen molar-refractivity contribution >= 4 is 17.7 Å². The average molecular weight is 922 g/mol. The van der Waals surface area contributed by atoms with Gasteiger partial charge in [0.25, 0.3) is 0 Å². The number of fused-ring (bicyclic) bond motifs is 2. The Bertz CT molecular complexity index is 1710. The Hall–Kier alpha value is -3.73. The topological polar surface area (TPSA) is 316 Å². The number of aliphatic hydroxyl groups is 9. The molecule has 3 aliphatic rings. The van der Waals surface area contributed by atoms with Crippen molar-refractivity contribution in [3.8, 4) is 0 Å². The van der Waals surface area contributed by atoms with Gasteiger partial charge in [0.2, 0.25) is 0 Å². The van der Waals surface area contributed by atoms with Crippen LogP contribution in [0.5, 0.6) is 0 Å². The number of nitrogens with two attached hydrogens (primary N) is 1. The Morgan fingerprint density at radius 1 is 0.677 bits per heavy atom. The molecule has 366 valence electrons. The predicted molar refractivity (Wildman–Crippen MR) is 236 cm³/mol. The number of carboxylic acids is 1. The number of allylic oxidation sites excluding steroid dienone is 12. The van der Waals surface area contributed by atoms with Gasteiger partial charge < -0.3 is 75.7 Å². The van der Waals surface area contributed by atoms with E-state index in [1.165, 1.54) is 13.0 Å². The molecular formula is C47H71NO17. The summed E-state index contributed by atoms with van der Waals surface area (Å²) < 4.78 is 23.1. The lowest BCUT2D eigenvalue weighted by Gasteiger charge is -2.45. The van der Waals surface area contributed by atoms with Crippen molar-refractivity contribution < 1.29 is 84.4 Å². The molecule has 2 fully saturated rings. The molecule has 0 aliphatic carbocycles. The molecule has 0 saturated carbocycles. The van der Waals surface area contributed by atoms with E-state index in [9.17, 15) is 65.4 Å². The monoisotopic (exact) mass is 921 g/mol. The van der Waals surface area contributed by atoms with Crippen molar-refractivity contribution in [1.29, 1.82) is 0 Å². The van der Waals surface area contributed by atoms with Crippen LogP contribution in [-0.4, -0.2) is 160 Å². The van der Waals surface area contributed by atoms with Gasteiger partial charge in [-0.25, -0.2) is 0 Å². The Balaban J connectivity index is 1.86. The molecule has 3 aliphatic heterocycles. The van der Waals surface area contributed by atoms with E-state index in [0.717, 1.165) is 0 Å². The molecule has 3 heterocycles. The molecule has 0 aromatic rings. The number of carbonyl (C=O) groups is 3. The van der Waals surface area contributed by atoms with Crippen LogP contribution in [0.15, 0.2) is 85.1 Å². The first kappa shape index (κ1) is 55.6. The van der Waals surface area contributed by atoms with Gasteiger partial charge in [0, 0.05) is 43.9 Å². The summed E-state index contributed by atoms with van der Waals surface area (Å²) in [4.78, 5) is 37.7. The number of aliphatic carboxylic acids is 1. The zero-order valence-corrected chi connectivity index (χ0v) is 37.5. The Labute approximate surface area is 380 Å². The summed E-state index contributed by atoms with van der Waals surface area (Å²) in [5, 5.41) is 107. The smallest absolute Gasteiger partial charge is 0.311 e. The first-order valence-electron chi connectivity index (χ1n) is 22.2. The number of ether oxygens (including phenoxy) is 4. The van der Waals surface area contributed by atoms with Crippen molar-refractivity contribution in [2.24, 2.45) is 23.5 Å². The molecule has 2 saturated heterocycles. The molecule has 3 rings (SSSR count). The number of rotatable bonds is 3. The van der Waals surface area contributed by atoms with Gasteiger partial charge in [-0.15, -0.1) is 0 Å². The van der Waals surface area contributed by atoms with E-state index in [4.69, 9.17) is 24.7 Å². The van der Waals surface area contributed by atoms with E-state index < -0.39 is 153 Å². The Morgan fingerprint density at radius 3 is 1.80 bits per heavy atom. The maximum atomic E-state index is 12.7. The fourth-order valence-electron chi connectivity index (χ4n) is 7.81. The van der Waals surface area contributed by atoms with Crippen molar-refractivity contribution in [2.75, 3.05) is 0 Å². The van der Waals surface area contributed by atoms with Crippen LogP contribution in [0.3, 0.4) is 0 Å². The van der Waals surface area contributed by atoms with Crippen LogP contribution in [-0.2, 0) is 33.3 Å². The first-order valence-corrected chi connectivity index (χ1v) is 22.2. The molecule has 0 aromatic heterocycles. The normalized spacial score (nSPS) is 40.9. The number of hydrogen-bond donors (Lipinski definition) is 11. The summed E-state index contributed by atoms with van der Waals surface area (Å²) in [7, 11) is 0. The second-order valence-corrected chi connectivity index (χ2v) is 17.4. The van der Waals surface area contributed by atoms with Crippen LogP contribution in [0.4, 0.5) is 0 Å². The molecular weight excluding hydrogens is 851 g/mol. The highest BCUT2D eigenvalue weighted by Crippen LogP contribution is 2.38. The van der Waals surface area contributed by atoms with Gasteiger partial charge in [-0.1, -0.05) is 98.9 Å². The van der Waals surface area contributed by atoms with E-state index in [1.54, 1.807) is 86.8 Å². The Kier molecular flexibility index (Phi) is 23.2. The number of cyclic esters (lactones) is 1. The SMILES string of the molecule is CC1OC(O[C@H]2C=CC=CC=CC=CC=CC=CC=C[C@H](C)[C@@H](O)[C@@H](C)[C@H](C)OC(=O)C[C@H](O)CC(=O)C[C@H](O)CC[C@@H](O)[C@H](O)C[C@]3(O)C[C@H](O)[C@@H](C(=O)O)C(C2)O3)C(O)C(N)C1O. The van der Waals surface area contributed by atoms with Crippen molar-refractivity contribution in [3.05, 3.63) is 85.1 Å². The standard InChI is InChI=1S/C47H71NO17/c1-27-17-15-13-11-9-7-5-6-8-10-12-14-16-18-34(64-46-44(58)41(48)43(57)30(4)63-46)24-38-40(45(59)60)37(54)26-47(61,65-38)25-36(53)35(52)20-19-31(49)21-32(50)22-33(51)23-39(55)62-29(3)28(2)42(27)56/h5-18,27-31,33-38,40-44,46,49,51-54,56-58,61H,19-26,48H2,1-4H3,(H,59,60)/t27-,28-,29-,30?,31+,33+,34-,35+,36+,37-,38?,40+,41?,42+,43?,44?,46?,47+/m0/s1. The van der Waals surface area contributed by atoms with Crippen LogP contribution in [0.2, 0.25) is 0 Å². The fourth-order valence-corrected chi connectivity index (χ4v) is 7.81. The molecule has 18 nitrogen and oxygen atoms in total. The number of hydrogen-bond acceptors (Lipinski definition) is 17. The van der Waals surface area contributed by atoms with Crippen LogP contribution in [0, 0.1) is 17.8 Å². The second kappa shape index (κ2) is 27.2. The van der Waals surface area contributed by atoms with Crippen molar-refractivity contribution in [3.63, 3.8) is 0 Å². The maximum Gasteiger partial charge on any atom is 0.311 e. The third kappa shape index (κ3) is 18.5. The largest absolute Gasteiger partial charge is 0.481 e. The van der Waals surface area contributed by atoms with E-state index in [2.05, 4.69) is 0 Å². The molecule has 6 unspecified atom stereocenters. The number of carbonyl (C=O) groups excluding carboxylic acids is 2. The summed E-state index contributed by atoms with van der Waals surface area (Å²) in [5.41, 5.74) is 6.01. The minimum atomic E-state index is -2.37. The molecule has 12 N–H and O–H groups in total. The lowest BCUT2D eigenvalue weighted by atomic mass is 9.82. The lowest BCUT2D eigenvalue weighted by molar-refractivity contribution is -0.310. The molecule has 65 heavy (non-hydrogen) atoms. The van der Waals surface area contributed by atoms with E-state index in [-0.39, 0.29) is 25.2 Å². The van der Waals surface area contributed by atoms with E-state index >= 15 is 0 Å². The average Bonchev–Trinajstić information content (AvgIpc) is 3.21. The first-order chi connectivity index (χ1) is 30.6. The van der Waals surface area contributed by atoms with Gasteiger partial charge in [-0.3, -0.25) is 14.4 Å². The van der Waals surface area contributed by atoms with E-state index in [0.29, 0.717) is 0 Å². The molecule has 2 bridgehead atoms. The van der Waals surface area contributed by atoms with Crippen LogP contribution in [0.25, 0.3) is 0 Å². The molecule has 0 spiro atoms. The van der Waals surface area contributed by atoms with Crippen molar-refractivity contribution in [2.45, 2.75) is 170 Å². The number of Topliss-reactive ketones (excluding diaryl/α,β-unsaturated/α-hetero) is 1. The van der Waals surface area contributed by atoms with Gasteiger partial charge in [0.15, 0.2) is 12.1 Å². The summed E-state index contributed by atoms with van der Waals surface area (Å²) in [6, 6.07) is -1.15. The third-order valence-corrected chi connectivity index (χ3v) is 11.9. The Morgan fingerprint density at radius 2 is 1.22 bits per heavy atom. The molecule has 0 radical (unpaired) electrons. The predicted octanol–water partition coefficient (Wildman–Crippen LogP) is 0.920. The number of esters is 1. The van der Waals surface area contributed by atoms with Gasteiger partial charge in [0.05, 0.1) is 73.5 Å². The zero-order valence-electron chi connectivity index (χ0n) is 37.5. The zero-order chi connectivity index (χ0) is 48.4. The van der Waals surface area contributed by atoms with Gasteiger partial charge >= 0.3 is 11.9 Å². The summed E-state index contributed by atoms with van der Waals surface area (Å²) >= 11 is 0.